The second-order valence-corrected chi connectivity index (χ2v) is 8.50. The van der Waals surface area contributed by atoms with Crippen LogP contribution in [0.2, 0.25) is 0 Å². The topological polar surface area (TPSA) is 70.7 Å². The molecular formula is C17H19N3O3S2. The Morgan fingerprint density at radius 1 is 1.36 bits per heavy atom. The van der Waals surface area contributed by atoms with Gasteiger partial charge in [-0.15, -0.1) is 22.7 Å². The van der Waals surface area contributed by atoms with Crippen molar-refractivity contribution in [3.05, 3.63) is 37.9 Å². The first-order valence-electron chi connectivity index (χ1n) is 8.26. The van der Waals surface area contributed by atoms with Crippen LogP contribution in [0, 0.1) is 6.92 Å². The number of fused-ring (bicyclic) bond motifs is 3. The summed E-state index contributed by atoms with van der Waals surface area (Å²) in [5, 5.41) is 7.40. The Kier molecular flexibility index (Phi) is 4.16. The molecule has 0 aliphatic carbocycles. The van der Waals surface area contributed by atoms with E-state index in [2.05, 4.69) is 23.6 Å². The molecule has 0 bridgehead atoms. The van der Waals surface area contributed by atoms with E-state index in [1.165, 1.54) is 4.88 Å². The van der Waals surface area contributed by atoms with Gasteiger partial charge in [0.25, 0.3) is 5.91 Å². The molecule has 2 aliphatic heterocycles. The van der Waals surface area contributed by atoms with Crippen LogP contribution in [0.25, 0.3) is 0 Å². The molecule has 2 N–H and O–H groups in total. The highest BCUT2D eigenvalue weighted by Crippen LogP contribution is 2.41. The van der Waals surface area contributed by atoms with Crippen LogP contribution in [-0.4, -0.2) is 30.1 Å². The summed E-state index contributed by atoms with van der Waals surface area (Å²) >= 11 is 3.24. The minimum absolute atomic E-state index is 0.0353. The number of rotatable bonds is 2. The van der Waals surface area contributed by atoms with Gasteiger partial charge >= 0.3 is 6.09 Å². The molecule has 8 heteroatoms. The van der Waals surface area contributed by atoms with Crippen LogP contribution in [0.5, 0.6) is 0 Å². The summed E-state index contributed by atoms with van der Waals surface area (Å²) < 4.78 is 5.09. The summed E-state index contributed by atoms with van der Waals surface area (Å²) in [6, 6.07) is 4.10. The van der Waals surface area contributed by atoms with Crippen molar-refractivity contribution in [2.45, 2.75) is 33.0 Å². The number of amides is 2. The largest absolute Gasteiger partial charge is 0.450 e. The van der Waals surface area contributed by atoms with E-state index in [-0.39, 0.29) is 18.2 Å². The quantitative estimate of drug-likeness (QED) is 0.840. The maximum atomic E-state index is 12.7. The van der Waals surface area contributed by atoms with Gasteiger partial charge in [-0.1, -0.05) is 0 Å². The highest BCUT2D eigenvalue weighted by atomic mass is 32.1. The van der Waals surface area contributed by atoms with Crippen LogP contribution >= 0.6 is 22.7 Å². The number of carbonyl (C=O) groups is 2. The van der Waals surface area contributed by atoms with Gasteiger partial charge in [-0.05, 0) is 38.0 Å². The summed E-state index contributed by atoms with van der Waals surface area (Å²) in [4.78, 5) is 29.7. The Balaban J connectivity index is 1.60. The minimum atomic E-state index is -0.288. The molecule has 0 aromatic carbocycles. The third-order valence-electron chi connectivity index (χ3n) is 4.41. The number of hydrogen-bond donors (Lipinski definition) is 2. The van der Waals surface area contributed by atoms with Crippen molar-refractivity contribution in [3.63, 3.8) is 0 Å². The lowest BCUT2D eigenvalue weighted by Crippen LogP contribution is -2.39. The summed E-state index contributed by atoms with van der Waals surface area (Å²) in [5.41, 5.74) is 1.80. The van der Waals surface area contributed by atoms with Crippen LogP contribution in [0.4, 0.5) is 9.80 Å². The number of nitrogens with zero attached hydrogens (tertiary/aromatic N) is 1. The Morgan fingerprint density at radius 2 is 2.20 bits per heavy atom. The van der Waals surface area contributed by atoms with Crippen LogP contribution in [0.3, 0.4) is 0 Å². The fourth-order valence-electron chi connectivity index (χ4n) is 3.24. The zero-order chi connectivity index (χ0) is 17.6. The first-order valence-corrected chi connectivity index (χ1v) is 9.90. The van der Waals surface area contributed by atoms with Gasteiger partial charge in [0.05, 0.1) is 18.7 Å². The van der Waals surface area contributed by atoms with Crippen molar-refractivity contribution < 1.29 is 14.3 Å². The van der Waals surface area contributed by atoms with E-state index in [0.717, 1.165) is 25.9 Å². The Bertz CT molecular complexity index is 842. The first-order chi connectivity index (χ1) is 12.1. The van der Waals surface area contributed by atoms with Crippen LogP contribution < -0.4 is 10.6 Å². The third-order valence-corrected chi connectivity index (χ3v) is 6.62. The van der Waals surface area contributed by atoms with Crippen molar-refractivity contribution in [2.24, 2.45) is 0 Å². The van der Waals surface area contributed by atoms with E-state index < -0.39 is 0 Å². The molecule has 6 nitrogen and oxygen atoms in total. The number of carbonyl (C=O) groups excluding carboxylic acids is 2. The van der Waals surface area contributed by atoms with E-state index in [0.29, 0.717) is 26.1 Å². The lowest BCUT2D eigenvalue weighted by atomic mass is 10.0. The SMILES string of the molecule is CCOC(=O)N1CCc2c(sc3c2C(=O)N[C@@H](c2ccc(C)s2)N3)C1. The van der Waals surface area contributed by atoms with Crippen LogP contribution in [-0.2, 0) is 17.7 Å². The van der Waals surface area contributed by atoms with Gasteiger partial charge in [-0.3, -0.25) is 4.79 Å². The molecule has 0 fully saturated rings. The molecule has 0 unspecified atom stereocenters. The van der Waals surface area contributed by atoms with Crippen molar-refractivity contribution in [3.8, 4) is 0 Å². The van der Waals surface area contributed by atoms with E-state index in [9.17, 15) is 9.59 Å². The molecule has 0 radical (unpaired) electrons. The Morgan fingerprint density at radius 3 is 2.92 bits per heavy atom. The van der Waals surface area contributed by atoms with Crippen molar-refractivity contribution in [2.75, 3.05) is 18.5 Å². The molecule has 0 saturated heterocycles. The van der Waals surface area contributed by atoms with E-state index >= 15 is 0 Å². The van der Waals surface area contributed by atoms with Gasteiger partial charge < -0.3 is 20.3 Å². The average Bonchev–Trinajstić information content (AvgIpc) is 3.17. The van der Waals surface area contributed by atoms with Crippen molar-refractivity contribution >= 4 is 39.7 Å². The lowest BCUT2D eigenvalue weighted by Gasteiger charge is -2.27. The van der Waals surface area contributed by atoms with Crippen molar-refractivity contribution in [1.29, 1.82) is 0 Å². The molecule has 4 rings (SSSR count). The highest BCUT2D eigenvalue weighted by molar-refractivity contribution is 7.17. The van der Waals surface area contributed by atoms with Crippen LogP contribution in [0.15, 0.2) is 12.1 Å². The minimum Gasteiger partial charge on any atom is -0.450 e. The van der Waals surface area contributed by atoms with Gasteiger partial charge in [0, 0.05) is 21.2 Å². The van der Waals surface area contributed by atoms with E-state index in [4.69, 9.17) is 4.74 Å². The Hall–Kier alpha value is -2.06. The smallest absolute Gasteiger partial charge is 0.410 e. The zero-order valence-electron chi connectivity index (χ0n) is 14.0. The first kappa shape index (κ1) is 16.4. The van der Waals surface area contributed by atoms with Gasteiger partial charge in [0.1, 0.15) is 11.2 Å². The number of hydrogen-bond acceptors (Lipinski definition) is 6. The molecule has 1 atom stereocenters. The van der Waals surface area contributed by atoms with Crippen LogP contribution in [0.1, 0.15) is 43.6 Å². The molecular weight excluding hydrogens is 358 g/mol. The molecule has 2 aromatic heterocycles. The Labute approximate surface area is 153 Å². The summed E-state index contributed by atoms with van der Waals surface area (Å²) in [7, 11) is 0. The fraction of sp³-hybridized carbons (Fsp3) is 0.412. The number of nitrogens with one attached hydrogen (secondary N) is 2. The molecule has 4 heterocycles. The standard InChI is InChI=1S/C17H19N3O3S2/c1-3-23-17(22)20-7-6-10-12(8-20)25-16-13(10)15(21)18-14(19-16)11-5-4-9(2)24-11/h4-5,14,19H,3,6-8H2,1-2H3,(H,18,21)/t14-/m1/s1. The summed E-state index contributed by atoms with van der Waals surface area (Å²) in [6.07, 6.45) is 0.196. The number of aryl methyl sites for hydroxylation is 1. The molecule has 2 amide bonds. The molecule has 0 spiro atoms. The fourth-order valence-corrected chi connectivity index (χ4v) is 5.41. The van der Waals surface area contributed by atoms with Gasteiger partial charge in [0.15, 0.2) is 0 Å². The second-order valence-electron chi connectivity index (χ2n) is 6.08. The van der Waals surface area contributed by atoms with Gasteiger partial charge in [-0.2, -0.15) is 0 Å². The third kappa shape index (κ3) is 2.89. The lowest BCUT2D eigenvalue weighted by molar-refractivity contribution is 0.0935. The van der Waals surface area contributed by atoms with Gasteiger partial charge in [-0.25, -0.2) is 4.79 Å². The zero-order valence-corrected chi connectivity index (χ0v) is 15.7. The molecule has 132 valence electrons. The molecule has 2 aliphatic rings. The maximum Gasteiger partial charge on any atom is 0.410 e. The predicted octanol–water partition coefficient (Wildman–Crippen LogP) is 3.49. The monoisotopic (exact) mass is 377 g/mol. The van der Waals surface area contributed by atoms with Gasteiger partial charge in [0.2, 0.25) is 0 Å². The normalized spacial score (nSPS) is 18.9. The average molecular weight is 377 g/mol. The summed E-state index contributed by atoms with van der Waals surface area (Å²) in [5.74, 6) is -0.0353. The number of ether oxygens (including phenoxy) is 1. The second kappa shape index (κ2) is 6.34. The predicted molar refractivity (Wildman–Crippen MR) is 98.3 cm³/mol. The molecule has 2 aromatic rings. The summed E-state index contributed by atoms with van der Waals surface area (Å²) in [6.45, 7) is 5.31. The maximum absolute atomic E-state index is 12.7. The highest BCUT2D eigenvalue weighted by Gasteiger charge is 2.34. The molecule has 25 heavy (non-hydrogen) atoms. The van der Waals surface area contributed by atoms with Crippen molar-refractivity contribution in [1.82, 2.24) is 10.2 Å². The molecule has 0 saturated carbocycles. The number of thiophene rings is 2. The number of anilines is 1. The van der Waals surface area contributed by atoms with E-state index in [1.807, 2.05) is 6.07 Å². The van der Waals surface area contributed by atoms with E-state index in [1.54, 1.807) is 34.5 Å².